The molecule has 0 saturated carbocycles. The highest BCUT2D eigenvalue weighted by molar-refractivity contribution is 7.99. The van der Waals surface area contributed by atoms with E-state index in [0.717, 1.165) is 30.2 Å². The summed E-state index contributed by atoms with van der Waals surface area (Å²) < 4.78 is 11.2. The van der Waals surface area contributed by atoms with Gasteiger partial charge in [0.15, 0.2) is 11.5 Å². The number of nitrogens with one attached hydrogen (secondary N) is 1. The van der Waals surface area contributed by atoms with Crippen molar-refractivity contribution in [2.75, 3.05) is 31.8 Å². The fraction of sp³-hybridized carbons (Fsp3) is 0.625. The van der Waals surface area contributed by atoms with Gasteiger partial charge in [-0.1, -0.05) is 32.4 Å². The molecule has 21 heavy (non-hydrogen) atoms. The summed E-state index contributed by atoms with van der Waals surface area (Å²) in [6.07, 6.45) is 0. The number of ether oxygens (including phenoxy) is 2. The lowest BCUT2D eigenvalue weighted by Gasteiger charge is -2.15. The van der Waals surface area contributed by atoms with Crippen molar-refractivity contribution in [2.24, 2.45) is 5.92 Å². The molecular formula is C16H26ClNO2S. The first-order valence-electron chi connectivity index (χ1n) is 7.36. The van der Waals surface area contributed by atoms with E-state index in [9.17, 15) is 0 Å². The van der Waals surface area contributed by atoms with Gasteiger partial charge >= 0.3 is 0 Å². The van der Waals surface area contributed by atoms with Gasteiger partial charge in [-0.25, -0.2) is 0 Å². The van der Waals surface area contributed by atoms with Crippen molar-refractivity contribution >= 4 is 23.4 Å². The second kappa shape index (κ2) is 10.2. The van der Waals surface area contributed by atoms with E-state index in [0.29, 0.717) is 29.0 Å². The van der Waals surface area contributed by atoms with Crippen LogP contribution in [0, 0.1) is 5.92 Å². The van der Waals surface area contributed by atoms with Crippen molar-refractivity contribution in [3.05, 3.63) is 22.7 Å². The van der Waals surface area contributed by atoms with Crippen molar-refractivity contribution in [1.82, 2.24) is 5.32 Å². The smallest absolute Gasteiger partial charge is 0.179 e. The average molecular weight is 332 g/mol. The van der Waals surface area contributed by atoms with Crippen LogP contribution in [-0.4, -0.2) is 31.8 Å². The van der Waals surface area contributed by atoms with Gasteiger partial charge in [0, 0.05) is 12.3 Å². The Bertz CT molecular complexity index is 427. The molecule has 0 spiro atoms. The molecule has 0 aromatic heterocycles. The SMILES string of the molecule is CCSCCOc1c(Cl)cc(CNCC(C)C)cc1OC. The minimum Gasteiger partial charge on any atom is -0.493 e. The predicted molar refractivity (Wildman–Crippen MR) is 93.0 cm³/mol. The molecule has 3 nitrogen and oxygen atoms in total. The van der Waals surface area contributed by atoms with Crippen molar-refractivity contribution < 1.29 is 9.47 Å². The third kappa shape index (κ3) is 6.81. The van der Waals surface area contributed by atoms with Gasteiger partial charge < -0.3 is 14.8 Å². The summed E-state index contributed by atoms with van der Waals surface area (Å²) >= 11 is 8.17. The first-order chi connectivity index (χ1) is 10.1. The number of halogens is 1. The maximum absolute atomic E-state index is 6.33. The molecule has 0 aliphatic carbocycles. The van der Waals surface area contributed by atoms with Crippen molar-refractivity contribution in [3.8, 4) is 11.5 Å². The fourth-order valence-electron chi connectivity index (χ4n) is 1.87. The highest BCUT2D eigenvalue weighted by Gasteiger charge is 2.12. The Kier molecular flexibility index (Phi) is 8.97. The molecule has 0 aliphatic rings. The third-order valence-corrected chi connectivity index (χ3v) is 3.99. The van der Waals surface area contributed by atoms with Crippen LogP contribution in [0.15, 0.2) is 12.1 Å². The van der Waals surface area contributed by atoms with E-state index < -0.39 is 0 Å². The van der Waals surface area contributed by atoms with Gasteiger partial charge in [-0.3, -0.25) is 0 Å². The molecule has 0 aliphatic heterocycles. The van der Waals surface area contributed by atoms with Crippen molar-refractivity contribution in [2.45, 2.75) is 27.3 Å². The lowest BCUT2D eigenvalue weighted by molar-refractivity contribution is 0.313. The molecule has 0 unspecified atom stereocenters. The summed E-state index contributed by atoms with van der Waals surface area (Å²) in [5, 5.41) is 4.01. The first-order valence-corrected chi connectivity index (χ1v) is 8.89. The Morgan fingerprint density at radius 1 is 1.33 bits per heavy atom. The van der Waals surface area contributed by atoms with E-state index in [2.05, 4.69) is 26.1 Å². The standard InChI is InChI=1S/C16H26ClNO2S/c1-5-21-7-6-20-16-14(17)8-13(9-15(16)19-4)11-18-10-12(2)3/h8-9,12,18H,5-7,10-11H2,1-4H3. The molecule has 0 heterocycles. The summed E-state index contributed by atoms with van der Waals surface area (Å²) in [6, 6.07) is 3.93. The van der Waals surface area contributed by atoms with Crippen molar-refractivity contribution in [3.63, 3.8) is 0 Å². The largest absolute Gasteiger partial charge is 0.493 e. The zero-order valence-electron chi connectivity index (χ0n) is 13.4. The van der Waals surface area contributed by atoms with Crippen LogP contribution in [-0.2, 0) is 6.54 Å². The Morgan fingerprint density at radius 3 is 2.71 bits per heavy atom. The summed E-state index contributed by atoms with van der Waals surface area (Å²) in [4.78, 5) is 0. The normalized spacial score (nSPS) is 11.0. The van der Waals surface area contributed by atoms with Gasteiger partial charge in [0.25, 0.3) is 0 Å². The zero-order valence-corrected chi connectivity index (χ0v) is 14.9. The molecule has 0 bridgehead atoms. The van der Waals surface area contributed by atoms with Crippen LogP contribution in [0.1, 0.15) is 26.3 Å². The first kappa shape index (κ1) is 18.5. The van der Waals surface area contributed by atoms with E-state index in [4.69, 9.17) is 21.1 Å². The maximum Gasteiger partial charge on any atom is 0.179 e. The minimum atomic E-state index is 0.609. The topological polar surface area (TPSA) is 30.5 Å². The number of hydrogen-bond acceptors (Lipinski definition) is 4. The van der Waals surface area contributed by atoms with Gasteiger partial charge in [-0.05, 0) is 35.9 Å². The number of thioether (sulfide) groups is 1. The Balaban J connectivity index is 2.67. The van der Waals surface area contributed by atoms with Gasteiger partial charge in [-0.15, -0.1) is 0 Å². The molecule has 5 heteroatoms. The predicted octanol–water partition coefficient (Wildman–Crippen LogP) is 4.23. The quantitative estimate of drug-likeness (QED) is 0.650. The van der Waals surface area contributed by atoms with Crippen LogP contribution in [0.5, 0.6) is 11.5 Å². The number of methoxy groups -OCH3 is 1. The van der Waals surface area contributed by atoms with Crippen LogP contribution < -0.4 is 14.8 Å². The van der Waals surface area contributed by atoms with E-state index >= 15 is 0 Å². The van der Waals surface area contributed by atoms with Gasteiger partial charge in [0.05, 0.1) is 18.7 Å². The summed E-state index contributed by atoms with van der Waals surface area (Å²) in [6.45, 7) is 8.90. The summed E-state index contributed by atoms with van der Waals surface area (Å²) in [5.74, 6) is 4.01. The monoisotopic (exact) mass is 331 g/mol. The zero-order chi connectivity index (χ0) is 15.7. The van der Waals surface area contributed by atoms with Crippen LogP contribution in [0.25, 0.3) is 0 Å². The van der Waals surface area contributed by atoms with Crippen LogP contribution in [0.3, 0.4) is 0 Å². The summed E-state index contributed by atoms with van der Waals surface area (Å²) in [7, 11) is 1.64. The van der Waals surface area contributed by atoms with E-state index in [1.807, 2.05) is 23.9 Å². The third-order valence-electron chi connectivity index (χ3n) is 2.85. The van der Waals surface area contributed by atoms with Gasteiger partial charge in [-0.2, -0.15) is 11.8 Å². The second-order valence-corrected chi connectivity index (χ2v) is 6.98. The van der Waals surface area contributed by atoms with E-state index in [1.165, 1.54) is 0 Å². The second-order valence-electron chi connectivity index (χ2n) is 5.18. The fourth-order valence-corrected chi connectivity index (χ4v) is 2.65. The molecule has 1 aromatic rings. The highest BCUT2D eigenvalue weighted by atomic mass is 35.5. The molecule has 0 atom stereocenters. The van der Waals surface area contributed by atoms with E-state index in [-0.39, 0.29) is 0 Å². The molecule has 0 amide bonds. The van der Waals surface area contributed by atoms with Gasteiger partial charge in [0.1, 0.15) is 0 Å². The minimum absolute atomic E-state index is 0.609. The molecule has 1 aromatic carbocycles. The molecule has 0 fully saturated rings. The molecular weight excluding hydrogens is 306 g/mol. The lowest BCUT2D eigenvalue weighted by atomic mass is 10.1. The summed E-state index contributed by atoms with van der Waals surface area (Å²) in [5.41, 5.74) is 1.10. The highest BCUT2D eigenvalue weighted by Crippen LogP contribution is 2.36. The van der Waals surface area contributed by atoms with Crippen LogP contribution >= 0.6 is 23.4 Å². The van der Waals surface area contributed by atoms with Gasteiger partial charge in [0.2, 0.25) is 0 Å². The molecule has 0 radical (unpaired) electrons. The Hall–Kier alpha value is -0.580. The van der Waals surface area contributed by atoms with Crippen molar-refractivity contribution in [1.29, 1.82) is 0 Å². The number of benzene rings is 1. The number of rotatable bonds is 10. The molecule has 120 valence electrons. The molecule has 1 N–H and O–H groups in total. The maximum atomic E-state index is 6.33. The van der Waals surface area contributed by atoms with Crippen LogP contribution in [0.4, 0.5) is 0 Å². The van der Waals surface area contributed by atoms with E-state index in [1.54, 1.807) is 7.11 Å². The lowest BCUT2D eigenvalue weighted by Crippen LogP contribution is -2.19. The average Bonchev–Trinajstić information content (AvgIpc) is 2.44. The Labute approximate surface area is 137 Å². The molecule has 0 saturated heterocycles. The molecule has 1 rings (SSSR count). The Morgan fingerprint density at radius 2 is 2.10 bits per heavy atom. The van der Waals surface area contributed by atoms with Crippen LogP contribution in [0.2, 0.25) is 5.02 Å². The number of hydrogen-bond donors (Lipinski definition) is 1.